The third-order valence-electron chi connectivity index (χ3n) is 5.04. The predicted molar refractivity (Wildman–Crippen MR) is 133 cm³/mol. The van der Waals surface area contributed by atoms with Crippen LogP contribution in [-0.4, -0.2) is 67.2 Å². The molecular weight excluding hydrogens is 542 g/mol. The van der Waals surface area contributed by atoms with Crippen LogP contribution in [0.4, 0.5) is 17.8 Å². The molecule has 2 aliphatic heterocycles. The highest BCUT2D eigenvalue weighted by Gasteiger charge is 2.21. The first-order chi connectivity index (χ1) is 15.6. The summed E-state index contributed by atoms with van der Waals surface area (Å²) in [5, 5.41) is 4.35. The van der Waals surface area contributed by atoms with Crippen LogP contribution < -0.4 is 20.0 Å². The van der Waals surface area contributed by atoms with E-state index in [4.69, 9.17) is 14.5 Å². The van der Waals surface area contributed by atoms with E-state index < -0.39 is 0 Å². The van der Waals surface area contributed by atoms with Gasteiger partial charge >= 0.3 is 0 Å². The van der Waals surface area contributed by atoms with E-state index in [1.807, 2.05) is 12.1 Å². The second-order valence-corrected chi connectivity index (χ2v) is 9.04. The van der Waals surface area contributed by atoms with Crippen LogP contribution in [0, 0.1) is 0 Å². The molecule has 0 bridgehead atoms. The number of nitrogens with zero attached hydrogens (tertiary/aromatic N) is 6. The van der Waals surface area contributed by atoms with Crippen molar-refractivity contribution in [1.82, 2.24) is 15.0 Å². The van der Waals surface area contributed by atoms with Crippen LogP contribution in [0.2, 0.25) is 0 Å². The summed E-state index contributed by atoms with van der Waals surface area (Å²) in [5.41, 5.74) is 3.85. The quantitative estimate of drug-likeness (QED) is 0.293. The minimum atomic E-state index is 0.420. The standard InChI is InChI=1S/C21H25Br2N7O2/c1-2-9-32-18-16(22)12-15(13-17(18)23)14-24-28-19-25-20(29-5-3-4-6-29)27-21(26-19)30-7-10-31-11-8-30/h2,12-14H,1,3-11H2,(H,25,26,27,28)/b24-14-. The summed E-state index contributed by atoms with van der Waals surface area (Å²) in [6.07, 6.45) is 5.71. The number of hydrogen-bond acceptors (Lipinski definition) is 9. The van der Waals surface area contributed by atoms with E-state index in [-0.39, 0.29) is 0 Å². The number of aromatic nitrogens is 3. The number of anilines is 3. The Morgan fingerprint density at radius 3 is 2.28 bits per heavy atom. The van der Waals surface area contributed by atoms with Crippen molar-refractivity contribution in [3.63, 3.8) is 0 Å². The highest BCUT2D eigenvalue weighted by atomic mass is 79.9. The molecule has 0 atom stereocenters. The molecule has 2 aromatic rings. The fourth-order valence-electron chi connectivity index (χ4n) is 3.47. The van der Waals surface area contributed by atoms with E-state index in [2.05, 4.69) is 68.7 Å². The zero-order chi connectivity index (χ0) is 22.3. The minimum Gasteiger partial charge on any atom is -0.487 e. The van der Waals surface area contributed by atoms with Crippen LogP contribution in [0.5, 0.6) is 5.75 Å². The lowest BCUT2D eigenvalue weighted by Crippen LogP contribution is -2.38. The molecule has 0 unspecified atom stereocenters. The number of hydrogen-bond donors (Lipinski definition) is 1. The second-order valence-electron chi connectivity index (χ2n) is 7.34. The fraction of sp³-hybridized carbons (Fsp3) is 0.429. The topological polar surface area (TPSA) is 88.0 Å². The zero-order valence-electron chi connectivity index (χ0n) is 17.6. The molecule has 2 fully saturated rings. The molecule has 1 N–H and O–H groups in total. The molecule has 1 aromatic carbocycles. The average molecular weight is 567 g/mol. The Balaban J connectivity index is 1.52. The molecule has 9 nitrogen and oxygen atoms in total. The summed E-state index contributed by atoms with van der Waals surface area (Å²) in [6, 6.07) is 3.85. The van der Waals surface area contributed by atoms with Crippen LogP contribution in [0.3, 0.4) is 0 Å². The zero-order valence-corrected chi connectivity index (χ0v) is 20.8. The molecule has 2 aliphatic rings. The van der Waals surface area contributed by atoms with Gasteiger partial charge in [-0.1, -0.05) is 12.7 Å². The Kier molecular flexibility index (Phi) is 7.93. The maximum absolute atomic E-state index is 5.66. The Bertz CT molecular complexity index is 954. The molecule has 170 valence electrons. The van der Waals surface area contributed by atoms with Crippen molar-refractivity contribution in [2.45, 2.75) is 12.8 Å². The molecular formula is C21H25Br2N7O2. The van der Waals surface area contributed by atoms with Gasteiger partial charge in [-0.2, -0.15) is 20.1 Å². The Hall–Kier alpha value is -2.24. The molecule has 3 heterocycles. The summed E-state index contributed by atoms with van der Waals surface area (Å²) >= 11 is 7.08. The summed E-state index contributed by atoms with van der Waals surface area (Å²) in [5.74, 6) is 2.48. The summed E-state index contributed by atoms with van der Waals surface area (Å²) in [7, 11) is 0. The van der Waals surface area contributed by atoms with Crippen LogP contribution in [0.25, 0.3) is 0 Å². The minimum absolute atomic E-state index is 0.420. The van der Waals surface area contributed by atoms with Gasteiger partial charge in [-0.05, 0) is 62.4 Å². The van der Waals surface area contributed by atoms with Gasteiger partial charge in [0.25, 0.3) is 0 Å². The highest BCUT2D eigenvalue weighted by molar-refractivity contribution is 9.11. The third kappa shape index (κ3) is 5.76. The number of morpholine rings is 1. The smallest absolute Gasteiger partial charge is 0.250 e. The lowest BCUT2D eigenvalue weighted by Gasteiger charge is -2.27. The molecule has 1 aromatic heterocycles. The molecule has 0 saturated carbocycles. The van der Waals surface area contributed by atoms with Gasteiger partial charge < -0.3 is 19.3 Å². The number of ether oxygens (including phenoxy) is 2. The van der Waals surface area contributed by atoms with Gasteiger partial charge in [0.05, 0.1) is 28.4 Å². The molecule has 0 aliphatic carbocycles. The van der Waals surface area contributed by atoms with E-state index in [1.165, 1.54) is 0 Å². The molecule has 0 amide bonds. The van der Waals surface area contributed by atoms with Gasteiger partial charge in [0.1, 0.15) is 12.4 Å². The van der Waals surface area contributed by atoms with Gasteiger partial charge in [-0.3, -0.25) is 0 Å². The molecule has 0 spiro atoms. The number of benzene rings is 1. The van der Waals surface area contributed by atoms with Crippen LogP contribution in [0.1, 0.15) is 18.4 Å². The lowest BCUT2D eigenvalue weighted by atomic mass is 10.2. The summed E-state index contributed by atoms with van der Waals surface area (Å²) in [4.78, 5) is 18.2. The first-order valence-corrected chi connectivity index (χ1v) is 12.1. The molecule has 32 heavy (non-hydrogen) atoms. The Morgan fingerprint density at radius 1 is 1.03 bits per heavy atom. The number of rotatable bonds is 8. The van der Waals surface area contributed by atoms with E-state index in [0.717, 1.165) is 59.3 Å². The van der Waals surface area contributed by atoms with Gasteiger partial charge in [-0.25, -0.2) is 5.43 Å². The highest BCUT2D eigenvalue weighted by Crippen LogP contribution is 2.34. The van der Waals surface area contributed by atoms with Gasteiger partial charge in [0.2, 0.25) is 17.8 Å². The maximum atomic E-state index is 5.66. The van der Waals surface area contributed by atoms with Crippen molar-refractivity contribution in [2.75, 3.05) is 61.2 Å². The SMILES string of the molecule is C=CCOc1c(Br)cc(/C=N\Nc2nc(N3CCCC3)nc(N3CCOCC3)n2)cc1Br. The van der Waals surface area contributed by atoms with E-state index >= 15 is 0 Å². The average Bonchev–Trinajstić information content (AvgIpc) is 3.34. The van der Waals surface area contributed by atoms with Gasteiger partial charge in [0, 0.05) is 26.2 Å². The fourth-order valence-corrected chi connectivity index (χ4v) is 4.92. The summed E-state index contributed by atoms with van der Waals surface area (Å²) in [6.45, 7) is 8.87. The van der Waals surface area contributed by atoms with Gasteiger partial charge in [-0.15, -0.1) is 0 Å². The Labute approximate surface area is 204 Å². The largest absolute Gasteiger partial charge is 0.487 e. The number of nitrogens with one attached hydrogen (secondary N) is 1. The van der Waals surface area contributed by atoms with E-state index in [1.54, 1.807) is 12.3 Å². The van der Waals surface area contributed by atoms with Crippen LogP contribution >= 0.6 is 31.9 Å². The van der Waals surface area contributed by atoms with Crippen molar-refractivity contribution in [2.24, 2.45) is 5.10 Å². The molecule has 11 heteroatoms. The van der Waals surface area contributed by atoms with Crippen LogP contribution in [-0.2, 0) is 4.74 Å². The summed E-state index contributed by atoms with van der Waals surface area (Å²) < 4.78 is 12.8. The Morgan fingerprint density at radius 2 is 1.66 bits per heavy atom. The molecule has 4 rings (SSSR count). The number of halogens is 2. The van der Waals surface area contributed by atoms with E-state index in [9.17, 15) is 0 Å². The molecule has 2 saturated heterocycles. The molecule has 0 radical (unpaired) electrons. The van der Waals surface area contributed by atoms with Crippen molar-refractivity contribution in [1.29, 1.82) is 0 Å². The van der Waals surface area contributed by atoms with Crippen LogP contribution in [0.15, 0.2) is 38.8 Å². The van der Waals surface area contributed by atoms with Crippen molar-refractivity contribution < 1.29 is 9.47 Å². The number of hydrazone groups is 1. The van der Waals surface area contributed by atoms with Gasteiger partial charge in [0.15, 0.2) is 0 Å². The monoisotopic (exact) mass is 565 g/mol. The van der Waals surface area contributed by atoms with Crippen molar-refractivity contribution >= 4 is 55.9 Å². The van der Waals surface area contributed by atoms with E-state index in [0.29, 0.717) is 37.7 Å². The normalized spacial score (nSPS) is 16.6. The second kappa shape index (κ2) is 11.1. The van der Waals surface area contributed by atoms with Crippen molar-refractivity contribution in [3.8, 4) is 5.75 Å². The van der Waals surface area contributed by atoms with Crippen molar-refractivity contribution in [3.05, 3.63) is 39.3 Å². The lowest BCUT2D eigenvalue weighted by molar-refractivity contribution is 0.122. The first kappa shape index (κ1) is 22.9. The maximum Gasteiger partial charge on any atom is 0.250 e. The third-order valence-corrected chi connectivity index (χ3v) is 6.22. The first-order valence-electron chi connectivity index (χ1n) is 10.5. The predicted octanol–water partition coefficient (Wildman–Crippen LogP) is 3.84.